The summed E-state index contributed by atoms with van der Waals surface area (Å²) in [6.45, 7) is 11.6. The molecule has 0 aromatic carbocycles. The number of aromatic nitrogens is 1. The van der Waals surface area contributed by atoms with Gasteiger partial charge in [-0.1, -0.05) is 40.2 Å². The Hall–Kier alpha value is -2.18. The molecule has 0 aliphatic heterocycles. The lowest BCUT2D eigenvalue weighted by atomic mass is 10.1. The summed E-state index contributed by atoms with van der Waals surface area (Å²) >= 11 is 0. The van der Waals surface area contributed by atoms with Crippen LogP contribution in [-0.2, 0) is 4.79 Å². The molecule has 1 aromatic heterocycles. The van der Waals surface area contributed by atoms with Crippen LogP contribution in [0.25, 0.3) is 11.8 Å². The molecule has 0 saturated carbocycles. The van der Waals surface area contributed by atoms with Crippen LogP contribution in [0.1, 0.15) is 52.5 Å². The molecule has 27 heavy (non-hydrogen) atoms. The first kappa shape index (κ1) is 22.9. The molecule has 0 aliphatic carbocycles. The van der Waals surface area contributed by atoms with Gasteiger partial charge in [0.2, 0.25) is 0 Å². The van der Waals surface area contributed by atoms with Gasteiger partial charge in [-0.25, -0.2) is 5.48 Å². The molecule has 6 heteroatoms. The summed E-state index contributed by atoms with van der Waals surface area (Å²) in [5.41, 5.74) is 3.77. The molecule has 0 aliphatic rings. The minimum Gasteiger partial charge on any atom is -0.305 e. The van der Waals surface area contributed by atoms with Crippen molar-refractivity contribution in [2.24, 2.45) is 5.92 Å². The van der Waals surface area contributed by atoms with E-state index in [1.54, 1.807) is 17.6 Å². The second-order valence-corrected chi connectivity index (χ2v) is 7.06. The minimum absolute atomic E-state index is 0.365. The molecule has 150 valence electrons. The lowest BCUT2D eigenvalue weighted by molar-refractivity contribution is -0.124. The molecular weight excluding hydrogens is 340 g/mol. The molecule has 0 saturated heterocycles. The zero-order valence-electron chi connectivity index (χ0n) is 17.0. The standard InChI is InChI=1S/C21H34N4O2/c1-5-7-8-19(16-24(6-2)13-11-17(3)4)25-14-12-18(15-20(25)22)9-10-21(26)23-27/h8-10,12,14-15,17,22,27H,5-7,11,13,16H2,1-4H3,(H,23,26)/b10-9+,19-8+,22-20?. The van der Waals surface area contributed by atoms with E-state index >= 15 is 0 Å². The van der Waals surface area contributed by atoms with Gasteiger partial charge in [-0.05, 0) is 55.6 Å². The van der Waals surface area contributed by atoms with Gasteiger partial charge in [0, 0.05) is 24.5 Å². The molecule has 0 bridgehead atoms. The molecule has 0 radical (unpaired) electrons. The van der Waals surface area contributed by atoms with Crippen molar-refractivity contribution in [1.82, 2.24) is 14.9 Å². The van der Waals surface area contributed by atoms with Gasteiger partial charge < -0.3 is 4.57 Å². The van der Waals surface area contributed by atoms with Crippen molar-refractivity contribution in [2.75, 3.05) is 19.6 Å². The zero-order chi connectivity index (χ0) is 20.2. The molecule has 0 fully saturated rings. The van der Waals surface area contributed by atoms with Crippen LogP contribution < -0.4 is 11.0 Å². The number of unbranched alkanes of at least 4 members (excludes halogenated alkanes) is 1. The average molecular weight is 375 g/mol. The molecule has 0 spiro atoms. The molecule has 0 atom stereocenters. The predicted octanol–water partition coefficient (Wildman–Crippen LogP) is 3.50. The van der Waals surface area contributed by atoms with Crippen molar-refractivity contribution < 1.29 is 10.0 Å². The van der Waals surface area contributed by atoms with Gasteiger partial charge in [0.05, 0.1) is 0 Å². The number of pyridine rings is 1. The smallest absolute Gasteiger partial charge is 0.267 e. The Morgan fingerprint density at radius 1 is 1.41 bits per heavy atom. The third kappa shape index (κ3) is 8.37. The molecule has 1 aromatic rings. The van der Waals surface area contributed by atoms with E-state index in [1.165, 1.54) is 6.08 Å². The second-order valence-electron chi connectivity index (χ2n) is 7.06. The van der Waals surface area contributed by atoms with Crippen molar-refractivity contribution in [2.45, 2.75) is 47.0 Å². The van der Waals surface area contributed by atoms with E-state index < -0.39 is 5.91 Å². The van der Waals surface area contributed by atoms with Crippen LogP contribution in [0, 0.1) is 11.3 Å². The summed E-state index contributed by atoms with van der Waals surface area (Å²) in [4.78, 5) is 13.5. The van der Waals surface area contributed by atoms with E-state index in [0.717, 1.165) is 50.2 Å². The third-order valence-corrected chi connectivity index (χ3v) is 4.35. The van der Waals surface area contributed by atoms with Crippen molar-refractivity contribution in [3.05, 3.63) is 41.5 Å². The summed E-state index contributed by atoms with van der Waals surface area (Å²) in [5, 5.41) is 16.9. The number of rotatable bonds is 11. The Balaban J connectivity index is 3.04. The maximum Gasteiger partial charge on any atom is 0.267 e. The van der Waals surface area contributed by atoms with Gasteiger partial charge in [0.1, 0.15) is 5.49 Å². The monoisotopic (exact) mass is 374 g/mol. The Bertz CT molecular complexity index is 704. The Labute approximate surface area is 162 Å². The van der Waals surface area contributed by atoms with E-state index in [0.29, 0.717) is 11.4 Å². The summed E-state index contributed by atoms with van der Waals surface area (Å²) in [6.07, 6.45) is 10.1. The van der Waals surface area contributed by atoms with Gasteiger partial charge >= 0.3 is 0 Å². The number of hydrogen-bond acceptors (Lipinski definition) is 4. The first-order chi connectivity index (χ1) is 12.9. The van der Waals surface area contributed by atoms with Gasteiger partial charge in [-0.15, -0.1) is 0 Å². The van der Waals surface area contributed by atoms with Crippen molar-refractivity contribution in [3.63, 3.8) is 0 Å². The first-order valence-electron chi connectivity index (χ1n) is 9.72. The number of hydrogen-bond donors (Lipinski definition) is 3. The van der Waals surface area contributed by atoms with E-state index in [9.17, 15) is 4.79 Å². The van der Waals surface area contributed by atoms with Crippen molar-refractivity contribution >= 4 is 17.7 Å². The Morgan fingerprint density at radius 3 is 2.70 bits per heavy atom. The summed E-state index contributed by atoms with van der Waals surface area (Å²) < 4.78 is 1.90. The molecule has 1 rings (SSSR count). The first-order valence-corrected chi connectivity index (χ1v) is 9.72. The fourth-order valence-electron chi connectivity index (χ4n) is 2.65. The summed E-state index contributed by atoms with van der Waals surface area (Å²) in [7, 11) is 0. The summed E-state index contributed by atoms with van der Waals surface area (Å²) in [5.74, 6) is 0.0780. The highest BCUT2D eigenvalue weighted by atomic mass is 16.5. The average Bonchev–Trinajstić information content (AvgIpc) is 2.65. The molecule has 0 unspecified atom stereocenters. The van der Waals surface area contributed by atoms with E-state index in [2.05, 4.69) is 38.7 Å². The largest absolute Gasteiger partial charge is 0.305 e. The predicted molar refractivity (Wildman–Crippen MR) is 110 cm³/mol. The van der Waals surface area contributed by atoms with E-state index in [4.69, 9.17) is 10.6 Å². The van der Waals surface area contributed by atoms with Gasteiger partial charge in [0.15, 0.2) is 0 Å². The number of nitrogens with zero attached hydrogens (tertiary/aromatic N) is 2. The van der Waals surface area contributed by atoms with Crippen LogP contribution in [0.5, 0.6) is 0 Å². The minimum atomic E-state index is -0.592. The molecule has 1 amide bonds. The highest BCUT2D eigenvalue weighted by Gasteiger charge is 2.09. The highest BCUT2D eigenvalue weighted by molar-refractivity contribution is 5.90. The van der Waals surface area contributed by atoms with Crippen LogP contribution in [-0.4, -0.2) is 40.2 Å². The lowest BCUT2D eigenvalue weighted by Crippen LogP contribution is -2.31. The Kier molecular flexibility index (Phi) is 10.4. The van der Waals surface area contributed by atoms with Crippen LogP contribution in [0.15, 0.2) is 30.5 Å². The molecule has 1 heterocycles. The van der Waals surface area contributed by atoms with Crippen LogP contribution >= 0.6 is 0 Å². The quantitative estimate of drug-likeness (QED) is 0.315. The third-order valence-electron chi connectivity index (χ3n) is 4.35. The fourth-order valence-corrected chi connectivity index (χ4v) is 2.65. The molecular formula is C21H34N4O2. The van der Waals surface area contributed by atoms with Crippen molar-refractivity contribution in [1.29, 1.82) is 5.41 Å². The van der Waals surface area contributed by atoms with Crippen LogP contribution in [0.3, 0.4) is 0 Å². The van der Waals surface area contributed by atoms with Crippen LogP contribution in [0.2, 0.25) is 0 Å². The number of likely N-dealkylation sites (N-methyl/N-ethyl adjacent to an activating group) is 1. The lowest BCUT2D eigenvalue weighted by Gasteiger charge is -2.24. The van der Waals surface area contributed by atoms with Crippen molar-refractivity contribution in [3.8, 4) is 0 Å². The molecule has 3 N–H and O–H groups in total. The normalized spacial score (nSPS) is 12.3. The van der Waals surface area contributed by atoms with E-state index in [-0.39, 0.29) is 0 Å². The number of hydroxylamine groups is 1. The maximum atomic E-state index is 11.1. The van der Waals surface area contributed by atoms with Crippen LogP contribution in [0.4, 0.5) is 0 Å². The van der Waals surface area contributed by atoms with Gasteiger partial charge in [-0.3, -0.25) is 20.3 Å². The van der Waals surface area contributed by atoms with Gasteiger partial charge in [-0.2, -0.15) is 0 Å². The highest BCUT2D eigenvalue weighted by Crippen LogP contribution is 2.11. The SMILES string of the molecule is CCC/C=C(\CN(CC)CCC(C)C)n1ccc(/C=C/C(=O)NO)cc1=N. The number of carbonyl (C=O) groups is 1. The number of allylic oxidation sites excluding steroid dienone is 1. The summed E-state index contributed by atoms with van der Waals surface area (Å²) in [6, 6.07) is 3.58. The number of nitrogens with one attached hydrogen (secondary N) is 2. The Morgan fingerprint density at radius 2 is 2.15 bits per heavy atom. The van der Waals surface area contributed by atoms with E-state index in [1.807, 2.05) is 16.8 Å². The maximum absolute atomic E-state index is 11.1. The van der Waals surface area contributed by atoms with Gasteiger partial charge in [0.25, 0.3) is 5.91 Å². The fraction of sp³-hybridized carbons (Fsp3) is 0.524. The second kappa shape index (κ2) is 12.3. The zero-order valence-corrected chi connectivity index (χ0v) is 17.0. The molecule has 6 nitrogen and oxygen atoms in total. The number of amides is 1. The topological polar surface area (TPSA) is 81.3 Å². The number of carbonyl (C=O) groups excluding carboxylic acids is 1.